The summed E-state index contributed by atoms with van der Waals surface area (Å²) in [6.07, 6.45) is 3.37. The Hall–Kier alpha value is -3.00. The van der Waals surface area contributed by atoms with Gasteiger partial charge in [0.05, 0.1) is 10.2 Å². The van der Waals surface area contributed by atoms with Gasteiger partial charge in [0.25, 0.3) is 5.56 Å². The fourth-order valence-electron chi connectivity index (χ4n) is 3.01. The third kappa shape index (κ3) is 2.68. The van der Waals surface area contributed by atoms with E-state index in [9.17, 15) is 9.59 Å². The third-order valence-corrected chi connectivity index (χ3v) is 5.22. The van der Waals surface area contributed by atoms with Gasteiger partial charge in [0.1, 0.15) is 17.4 Å². The molecule has 4 aromatic rings. The van der Waals surface area contributed by atoms with Crippen molar-refractivity contribution < 1.29 is 4.79 Å². The number of carbonyl (C=O) groups excluding carboxylic acids is 1. The lowest BCUT2D eigenvalue weighted by molar-refractivity contribution is -0.124. The maximum Gasteiger partial charge on any atom is 0.291 e. The summed E-state index contributed by atoms with van der Waals surface area (Å²) in [6, 6.07) is 6.80. The van der Waals surface area contributed by atoms with Crippen LogP contribution in [-0.4, -0.2) is 25.1 Å². The number of nitrogens with one attached hydrogen (secondary N) is 1. The molecule has 0 radical (unpaired) electrons. The monoisotopic (exact) mass is 367 g/mol. The molecule has 0 spiro atoms. The minimum atomic E-state index is -0.712. The molecule has 0 aliphatic carbocycles. The van der Waals surface area contributed by atoms with Crippen molar-refractivity contribution in [2.24, 2.45) is 0 Å². The summed E-state index contributed by atoms with van der Waals surface area (Å²) in [6.45, 7) is 3.86. The number of amides is 1. The molecule has 26 heavy (non-hydrogen) atoms. The molecule has 0 saturated carbocycles. The van der Waals surface area contributed by atoms with E-state index in [1.165, 1.54) is 4.68 Å². The molecule has 0 unspecified atom stereocenters. The topological polar surface area (TPSA) is 81.3 Å². The highest BCUT2D eigenvalue weighted by atomic mass is 32.1. The SMILES string of the molecule is Cc1nn([C@H](C)C(=O)NCc2cccnc2)c(=O)c2cc3sccc3n12. The molecule has 1 amide bonds. The van der Waals surface area contributed by atoms with Crippen LogP contribution in [0.4, 0.5) is 0 Å². The Morgan fingerprint density at radius 3 is 2.96 bits per heavy atom. The van der Waals surface area contributed by atoms with Crippen LogP contribution in [0, 0.1) is 6.92 Å². The fraction of sp³-hybridized carbons (Fsp3) is 0.222. The van der Waals surface area contributed by atoms with Crippen molar-refractivity contribution in [2.45, 2.75) is 26.4 Å². The molecule has 7 nitrogen and oxygen atoms in total. The van der Waals surface area contributed by atoms with Crippen molar-refractivity contribution in [2.75, 3.05) is 0 Å². The number of nitrogens with zero attached hydrogens (tertiary/aromatic N) is 4. The Kier molecular flexibility index (Phi) is 4.04. The molecule has 0 aromatic carbocycles. The van der Waals surface area contributed by atoms with Crippen LogP contribution >= 0.6 is 11.3 Å². The molecular weight excluding hydrogens is 350 g/mol. The van der Waals surface area contributed by atoms with Crippen molar-refractivity contribution in [3.63, 3.8) is 0 Å². The van der Waals surface area contributed by atoms with Crippen LogP contribution in [0.2, 0.25) is 0 Å². The Bertz CT molecular complexity index is 1160. The molecule has 0 saturated heterocycles. The third-order valence-electron chi connectivity index (χ3n) is 4.36. The second kappa shape index (κ2) is 6.38. The number of aryl methyl sites for hydroxylation is 1. The van der Waals surface area contributed by atoms with Gasteiger partial charge >= 0.3 is 0 Å². The van der Waals surface area contributed by atoms with E-state index in [4.69, 9.17) is 0 Å². The number of carbonyl (C=O) groups is 1. The van der Waals surface area contributed by atoms with Crippen molar-refractivity contribution in [1.82, 2.24) is 24.5 Å². The van der Waals surface area contributed by atoms with E-state index in [0.717, 1.165) is 15.8 Å². The van der Waals surface area contributed by atoms with Crippen molar-refractivity contribution in [3.05, 3.63) is 63.8 Å². The maximum absolute atomic E-state index is 12.9. The van der Waals surface area contributed by atoms with Crippen LogP contribution in [0.3, 0.4) is 0 Å². The molecule has 0 bridgehead atoms. The molecular formula is C18H17N5O2S. The summed E-state index contributed by atoms with van der Waals surface area (Å²) in [4.78, 5) is 29.4. The Balaban J connectivity index is 1.66. The van der Waals surface area contributed by atoms with E-state index in [-0.39, 0.29) is 11.5 Å². The smallest absolute Gasteiger partial charge is 0.291 e. The zero-order chi connectivity index (χ0) is 18.3. The summed E-state index contributed by atoms with van der Waals surface area (Å²) in [5.41, 5.74) is 2.12. The first kappa shape index (κ1) is 16.5. The molecule has 132 valence electrons. The molecule has 4 heterocycles. The summed E-state index contributed by atoms with van der Waals surface area (Å²) in [5, 5.41) is 9.19. The second-order valence-corrected chi connectivity index (χ2v) is 7.03. The highest BCUT2D eigenvalue weighted by molar-refractivity contribution is 7.17. The molecule has 0 fully saturated rings. The van der Waals surface area contributed by atoms with Crippen molar-refractivity contribution in [3.8, 4) is 0 Å². The normalized spacial score (nSPS) is 12.5. The van der Waals surface area contributed by atoms with Gasteiger partial charge in [-0.05, 0) is 43.0 Å². The molecule has 4 rings (SSSR count). The van der Waals surface area contributed by atoms with E-state index in [2.05, 4.69) is 15.4 Å². The first-order valence-corrected chi connectivity index (χ1v) is 9.09. The van der Waals surface area contributed by atoms with Crippen LogP contribution in [0.25, 0.3) is 15.7 Å². The van der Waals surface area contributed by atoms with Gasteiger partial charge in [0, 0.05) is 18.9 Å². The molecule has 8 heteroatoms. The predicted octanol–water partition coefficient (Wildman–Crippen LogP) is 2.29. The van der Waals surface area contributed by atoms with Gasteiger partial charge in [-0.15, -0.1) is 11.3 Å². The van der Waals surface area contributed by atoms with Gasteiger partial charge in [-0.25, -0.2) is 4.68 Å². The predicted molar refractivity (Wildman–Crippen MR) is 100 cm³/mol. The Morgan fingerprint density at radius 2 is 2.19 bits per heavy atom. The Labute approximate surface area is 152 Å². The summed E-state index contributed by atoms with van der Waals surface area (Å²) >= 11 is 1.57. The van der Waals surface area contributed by atoms with Crippen LogP contribution in [0.1, 0.15) is 24.4 Å². The quantitative estimate of drug-likeness (QED) is 0.600. The van der Waals surface area contributed by atoms with Gasteiger partial charge in [0.15, 0.2) is 0 Å². The van der Waals surface area contributed by atoms with E-state index in [1.54, 1.807) is 30.7 Å². The van der Waals surface area contributed by atoms with E-state index < -0.39 is 6.04 Å². The van der Waals surface area contributed by atoms with Gasteiger partial charge in [-0.2, -0.15) is 5.10 Å². The average molecular weight is 367 g/mol. The number of thiophene rings is 1. The van der Waals surface area contributed by atoms with Crippen molar-refractivity contribution >= 4 is 33.0 Å². The molecule has 0 aliphatic rings. The molecule has 1 N–H and O–H groups in total. The first-order valence-electron chi connectivity index (χ1n) is 8.21. The van der Waals surface area contributed by atoms with Gasteiger partial charge in [-0.1, -0.05) is 6.07 Å². The lowest BCUT2D eigenvalue weighted by atomic mass is 10.2. The molecule has 1 atom stereocenters. The van der Waals surface area contributed by atoms with Gasteiger partial charge in [0.2, 0.25) is 5.91 Å². The number of aromatic nitrogens is 4. The average Bonchev–Trinajstić information content (AvgIpc) is 3.24. The lowest BCUT2D eigenvalue weighted by Crippen LogP contribution is -2.38. The lowest BCUT2D eigenvalue weighted by Gasteiger charge is -2.15. The minimum absolute atomic E-state index is 0.263. The Morgan fingerprint density at radius 1 is 1.35 bits per heavy atom. The van der Waals surface area contributed by atoms with Crippen LogP contribution < -0.4 is 10.9 Å². The standard InChI is InChI=1S/C18H17N5O2S/c1-11(17(24)20-10-13-4-3-6-19-9-13)23-18(25)15-8-16-14(5-7-26-16)22(15)12(2)21-23/h3-9,11H,10H2,1-2H3,(H,20,24)/t11-/m1/s1. The minimum Gasteiger partial charge on any atom is -0.350 e. The zero-order valence-electron chi connectivity index (χ0n) is 14.3. The number of pyridine rings is 1. The summed E-state index contributed by atoms with van der Waals surface area (Å²) in [5.74, 6) is 0.403. The van der Waals surface area contributed by atoms with E-state index in [0.29, 0.717) is 17.9 Å². The number of hydrogen-bond acceptors (Lipinski definition) is 5. The summed E-state index contributed by atoms with van der Waals surface area (Å²) in [7, 11) is 0. The molecule has 4 aromatic heterocycles. The van der Waals surface area contributed by atoms with Gasteiger partial charge in [-0.3, -0.25) is 19.0 Å². The van der Waals surface area contributed by atoms with Gasteiger partial charge < -0.3 is 5.32 Å². The van der Waals surface area contributed by atoms with E-state index >= 15 is 0 Å². The highest BCUT2D eigenvalue weighted by Gasteiger charge is 2.21. The molecule has 0 aliphatic heterocycles. The number of hydrogen-bond donors (Lipinski definition) is 1. The largest absolute Gasteiger partial charge is 0.350 e. The number of fused-ring (bicyclic) bond motifs is 3. The number of rotatable bonds is 4. The second-order valence-electron chi connectivity index (χ2n) is 6.09. The maximum atomic E-state index is 12.9. The van der Waals surface area contributed by atoms with Crippen LogP contribution in [-0.2, 0) is 11.3 Å². The van der Waals surface area contributed by atoms with Crippen LogP contribution in [0.5, 0.6) is 0 Å². The summed E-state index contributed by atoms with van der Waals surface area (Å²) < 4.78 is 4.12. The first-order chi connectivity index (χ1) is 12.6. The fourth-order valence-corrected chi connectivity index (χ4v) is 3.81. The van der Waals surface area contributed by atoms with Crippen LogP contribution in [0.15, 0.2) is 46.8 Å². The van der Waals surface area contributed by atoms with Crippen molar-refractivity contribution in [1.29, 1.82) is 0 Å². The highest BCUT2D eigenvalue weighted by Crippen LogP contribution is 2.24. The van der Waals surface area contributed by atoms with E-state index in [1.807, 2.05) is 41.0 Å². The zero-order valence-corrected chi connectivity index (χ0v) is 15.2.